The Kier molecular flexibility index (Phi) is 5.36. The van der Waals surface area contributed by atoms with Crippen molar-refractivity contribution in [3.8, 4) is 11.5 Å². The lowest BCUT2D eigenvalue weighted by Gasteiger charge is -2.10. The lowest BCUT2D eigenvalue weighted by Crippen LogP contribution is -2.16. The van der Waals surface area contributed by atoms with E-state index in [-0.39, 0.29) is 18.3 Å². The molecule has 0 aromatic heterocycles. The molecule has 0 saturated carbocycles. The number of benzene rings is 1. The molecule has 0 saturated heterocycles. The van der Waals surface area contributed by atoms with Gasteiger partial charge in [0.25, 0.3) is 0 Å². The molecule has 0 N–H and O–H groups in total. The molecule has 104 valence electrons. The van der Waals surface area contributed by atoms with E-state index in [2.05, 4.69) is 0 Å². The highest BCUT2D eigenvalue weighted by molar-refractivity contribution is 6.07. The summed E-state index contributed by atoms with van der Waals surface area (Å²) in [6.07, 6.45) is -0.561. The van der Waals surface area contributed by atoms with E-state index in [1.54, 1.807) is 32.0 Å². The third-order valence-electron chi connectivity index (χ3n) is 2.38. The molecular formula is C14H18O5. The van der Waals surface area contributed by atoms with Crippen LogP contribution in [0.3, 0.4) is 0 Å². The van der Waals surface area contributed by atoms with Crippen LogP contribution in [-0.2, 0) is 9.53 Å². The Morgan fingerprint density at radius 2 is 1.84 bits per heavy atom. The van der Waals surface area contributed by atoms with Gasteiger partial charge >= 0.3 is 5.97 Å². The first-order valence-electron chi connectivity index (χ1n) is 5.92. The van der Waals surface area contributed by atoms with Crippen LogP contribution in [-0.4, -0.2) is 32.1 Å². The Bertz CT molecular complexity index is 465. The van der Waals surface area contributed by atoms with Crippen LogP contribution in [0.2, 0.25) is 0 Å². The summed E-state index contributed by atoms with van der Waals surface area (Å²) in [5, 5.41) is 0. The minimum Gasteiger partial charge on any atom is -0.497 e. The van der Waals surface area contributed by atoms with E-state index < -0.39 is 5.97 Å². The molecule has 0 amide bonds. The van der Waals surface area contributed by atoms with E-state index in [4.69, 9.17) is 14.2 Å². The second-order valence-corrected chi connectivity index (χ2v) is 4.20. The Morgan fingerprint density at radius 1 is 1.16 bits per heavy atom. The molecule has 0 heterocycles. The van der Waals surface area contributed by atoms with Gasteiger partial charge in [-0.2, -0.15) is 0 Å². The first-order valence-corrected chi connectivity index (χ1v) is 5.92. The largest absolute Gasteiger partial charge is 0.497 e. The van der Waals surface area contributed by atoms with Crippen molar-refractivity contribution in [2.75, 3.05) is 14.2 Å². The van der Waals surface area contributed by atoms with Gasteiger partial charge in [0.15, 0.2) is 5.78 Å². The summed E-state index contributed by atoms with van der Waals surface area (Å²) < 4.78 is 15.1. The van der Waals surface area contributed by atoms with E-state index in [1.165, 1.54) is 14.2 Å². The Morgan fingerprint density at radius 3 is 2.37 bits per heavy atom. The van der Waals surface area contributed by atoms with E-state index in [9.17, 15) is 9.59 Å². The first-order chi connectivity index (χ1) is 8.97. The SMILES string of the molecule is COc1ccc(OC)c(C(=O)CC(=O)OC(C)C)c1. The van der Waals surface area contributed by atoms with Crippen molar-refractivity contribution in [1.29, 1.82) is 0 Å². The van der Waals surface area contributed by atoms with Crippen LogP contribution in [0.5, 0.6) is 11.5 Å². The number of methoxy groups -OCH3 is 2. The predicted molar refractivity (Wildman–Crippen MR) is 69.7 cm³/mol. The molecule has 1 aromatic carbocycles. The molecule has 0 aliphatic heterocycles. The van der Waals surface area contributed by atoms with E-state index in [0.717, 1.165) is 0 Å². The molecule has 5 heteroatoms. The topological polar surface area (TPSA) is 61.8 Å². The van der Waals surface area contributed by atoms with Crippen LogP contribution in [0.1, 0.15) is 30.6 Å². The van der Waals surface area contributed by atoms with Crippen molar-refractivity contribution in [3.63, 3.8) is 0 Å². The molecule has 0 aliphatic rings. The smallest absolute Gasteiger partial charge is 0.313 e. The summed E-state index contributed by atoms with van der Waals surface area (Å²) in [7, 11) is 2.97. The van der Waals surface area contributed by atoms with Gasteiger partial charge in [-0.05, 0) is 32.0 Å². The van der Waals surface area contributed by atoms with Gasteiger partial charge in [0.2, 0.25) is 0 Å². The number of Topliss-reactive ketones (excluding diaryl/α,β-unsaturated/α-hetero) is 1. The monoisotopic (exact) mass is 266 g/mol. The number of hydrogen-bond acceptors (Lipinski definition) is 5. The molecule has 1 aromatic rings. The summed E-state index contributed by atoms with van der Waals surface area (Å²) in [6.45, 7) is 3.46. The lowest BCUT2D eigenvalue weighted by atomic mass is 10.1. The number of carbonyl (C=O) groups excluding carboxylic acids is 2. The quantitative estimate of drug-likeness (QED) is 0.449. The Balaban J connectivity index is 2.88. The van der Waals surface area contributed by atoms with Crippen molar-refractivity contribution >= 4 is 11.8 Å². The van der Waals surface area contributed by atoms with Crippen molar-refractivity contribution in [2.45, 2.75) is 26.4 Å². The Hall–Kier alpha value is -2.04. The highest BCUT2D eigenvalue weighted by atomic mass is 16.5. The summed E-state index contributed by atoms with van der Waals surface area (Å²) in [5.74, 6) is 0.0239. The molecule has 0 atom stereocenters. The van der Waals surface area contributed by atoms with Crippen LogP contribution in [0.15, 0.2) is 18.2 Å². The maximum absolute atomic E-state index is 12.0. The first kappa shape index (κ1) is 15.0. The third kappa shape index (κ3) is 4.28. The van der Waals surface area contributed by atoms with Crippen molar-refractivity contribution in [3.05, 3.63) is 23.8 Å². The van der Waals surface area contributed by atoms with Gasteiger partial charge in [-0.25, -0.2) is 0 Å². The standard InChI is InChI=1S/C14H18O5/c1-9(2)19-14(16)8-12(15)11-7-10(17-3)5-6-13(11)18-4/h5-7,9H,8H2,1-4H3. The summed E-state index contributed by atoms with van der Waals surface area (Å²) in [5.41, 5.74) is 0.308. The van der Waals surface area contributed by atoms with Gasteiger partial charge < -0.3 is 14.2 Å². The summed E-state index contributed by atoms with van der Waals surface area (Å²) >= 11 is 0. The van der Waals surface area contributed by atoms with Gasteiger partial charge in [0.05, 0.1) is 25.9 Å². The number of ketones is 1. The molecule has 0 aliphatic carbocycles. The van der Waals surface area contributed by atoms with Gasteiger partial charge in [0, 0.05) is 0 Å². The fourth-order valence-corrected chi connectivity index (χ4v) is 1.56. The molecule has 5 nitrogen and oxygen atoms in total. The summed E-state index contributed by atoms with van der Waals surface area (Å²) in [4.78, 5) is 23.5. The molecule has 0 spiro atoms. The highest BCUT2D eigenvalue weighted by Crippen LogP contribution is 2.25. The molecule has 0 fully saturated rings. The number of esters is 1. The zero-order valence-electron chi connectivity index (χ0n) is 11.6. The van der Waals surface area contributed by atoms with Gasteiger partial charge in [-0.1, -0.05) is 0 Å². The number of rotatable bonds is 6. The van der Waals surface area contributed by atoms with E-state index >= 15 is 0 Å². The van der Waals surface area contributed by atoms with Gasteiger partial charge in [-0.3, -0.25) is 9.59 Å². The molecular weight excluding hydrogens is 248 g/mol. The predicted octanol–water partition coefficient (Wildman–Crippen LogP) is 2.23. The second kappa shape index (κ2) is 6.78. The normalized spacial score (nSPS) is 10.2. The van der Waals surface area contributed by atoms with Crippen LogP contribution in [0, 0.1) is 0 Å². The van der Waals surface area contributed by atoms with Gasteiger partial charge in [0.1, 0.15) is 17.9 Å². The number of carbonyl (C=O) groups is 2. The molecule has 0 bridgehead atoms. The van der Waals surface area contributed by atoms with Crippen molar-refractivity contribution in [1.82, 2.24) is 0 Å². The van der Waals surface area contributed by atoms with Crippen LogP contribution < -0.4 is 9.47 Å². The van der Waals surface area contributed by atoms with Crippen LogP contribution in [0.25, 0.3) is 0 Å². The zero-order valence-corrected chi connectivity index (χ0v) is 11.6. The van der Waals surface area contributed by atoms with E-state index in [0.29, 0.717) is 17.1 Å². The maximum atomic E-state index is 12.0. The minimum atomic E-state index is -0.551. The number of hydrogen-bond donors (Lipinski definition) is 0. The average Bonchev–Trinajstić information content (AvgIpc) is 2.36. The minimum absolute atomic E-state index is 0.243. The lowest BCUT2D eigenvalue weighted by molar-refractivity contribution is -0.146. The molecule has 19 heavy (non-hydrogen) atoms. The molecule has 0 unspecified atom stereocenters. The zero-order chi connectivity index (χ0) is 14.4. The van der Waals surface area contributed by atoms with Gasteiger partial charge in [-0.15, -0.1) is 0 Å². The maximum Gasteiger partial charge on any atom is 0.313 e. The molecule has 0 radical (unpaired) electrons. The number of ether oxygens (including phenoxy) is 3. The fraction of sp³-hybridized carbons (Fsp3) is 0.429. The van der Waals surface area contributed by atoms with Crippen molar-refractivity contribution < 1.29 is 23.8 Å². The van der Waals surface area contributed by atoms with Crippen LogP contribution >= 0.6 is 0 Å². The van der Waals surface area contributed by atoms with Crippen molar-refractivity contribution in [2.24, 2.45) is 0 Å². The average molecular weight is 266 g/mol. The third-order valence-corrected chi connectivity index (χ3v) is 2.38. The van der Waals surface area contributed by atoms with E-state index in [1.807, 2.05) is 0 Å². The second-order valence-electron chi connectivity index (χ2n) is 4.20. The highest BCUT2D eigenvalue weighted by Gasteiger charge is 2.18. The van der Waals surface area contributed by atoms with Crippen LogP contribution in [0.4, 0.5) is 0 Å². The Labute approximate surface area is 112 Å². The fourth-order valence-electron chi connectivity index (χ4n) is 1.56. The molecule has 1 rings (SSSR count). The summed E-state index contributed by atoms with van der Waals surface area (Å²) in [6, 6.07) is 4.85.